The van der Waals surface area contributed by atoms with Crippen LogP contribution in [-0.4, -0.2) is 39.3 Å². The zero-order valence-electron chi connectivity index (χ0n) is 17.4. The molecule has 0 saturated carbocycles. The first-order valence-electron chi connectivity index (χ1n) is 10.6. The summed E-state index contributed by atoms with van der Waals surface area (Å²) in [7, 11) is 0. The highest BCUT2D eigenvalue weighted by atomic mass is 16.4. The van der Waals surface area contributed by atoms with Gasteiger partial charge in [0, 0.05) is 42.9 Å². The Morgan fingerprint density at radius 1 is 1.17 bits per heavy atom. The molecule has 2 aromatic heterocycles. The van der Waals surface area contributed by atoms with E-state index < -0.39 is 0 Å². The van der Waals surface area contributed by atoms with Crippen LogP contribution in [0.2, 0.25) is 0 Å². The number of aryl methyl sites for hydroxylation is 2. The summed E-state index contributed by atoms with van der Waals surface area (Å²) < 4.78 is 7.81. The van der Waals surface area contributed by atoms with Crippen LogP contribution in [0.5, 0.6) is 0 Å². The fourth-order valence-corrected chi connectivity index (χ4v) is 5.19. The second-order valence-electron chi connectivity index (χ2n) is 8.69. The number of oxazole rings is 1. The van der Waals surface area contributed by atoms with Crippen molar-refractivity contribution in [1.29, 1.82) is 0 Å². The van der Waals surface area contributed by atoms with Crippen LogP contribution in [-0.2, 0) is 6.54 Å². The molecule has 0 spiro atoms. The third-order valence-corrected chi connectivity index (χ3v) is 6.59. The van der Waals surface area contributed by atoms with Crippen molar-refractivity contribution in [3.05, 3.63) is 75.5 Å². The first-order chi connectivity index (χ1) is 14.5. The molecule has 0 amide bonds. The van der Waals surface area contributed by atoms with E-state index >= 15 is 0 Å². The summed E-state index contributed by atoms with van der Waals surface area (Å²) in [5, 5.41) is 10.0. The van der Waals surface area contributed by atoms with Crippen molar-refractivity contribution in [3.8, 4) is 11.5 Å². The van der Waals surface area contributed by atoms with E-state index in [1.165, 1.54) is 5.56 Å². The highest BCUT2D eigenvalue weighted by Crippen LogP contribution is 2.41. The molecule has 1 aromatic carbocycles. The molecule has 30 heavy (non-hydrogen) atoms. The minimum Gasteiger partial charge on any atom is -0.441 e. The predicted molar refractivity (Wildman–Crippen MR) is 114 cm³/mol. The van der Waals surface area contributed by atoms with Crippen LogP contribution >= 0.6 is 0 Å². The van der Waals surface area contributed by atoms with E-state index in [1.807, 2.05) is 35.8 Å². The fourth-order valence-electron chi connectivity index (χ4n) is 5.19. The van der Waals surface area contributed by atoms with Crippen LogP contribution < -0.4 is 5.56 Å². The van der Waals surface area contributed by atoms with Gasteiger partial charge in [0.05, 0.1) is 18.3 Å². The zero-order valence-corrected chi connectivity index (χ0v) is 17.4. The maximum absolute atomic E-state index is 12.5. The summed E-state index contributed by atoms with van der Waals surface area (Å²) in [6.45, 7) is 6.45. The molecule has 2 aliphatic rings. The quantitative estimate of drug-likeness (QED) is 0.721. The number of nitrogens with zero attached hydrogens (tertiary/aromatic N) is 3. The van der Waals surface area contributed by atoms with E-state index in [1.54, 1.807) is 6.07 Å². The van der Waals surface area contributed by atoms with Gasteiger partial charge in [-0.2, -0.15) is 0 Å². The van der Waals surface area contributed by atoms with Gasteiger partial charge < -0.3 is 14.1 Å². The van der Waals surface area contributed by atoms with Gasteiger partial charge in [0.25, 0.3) is 5.56 Å². The Bertz CT molecular complexity index is 1130. The molecule has 1 saturated heterocycles. The normalized spacial score (nSPS) is 23.4. The second-order valence-corrected chi connectivity index (χ2v) is 8.69. The van der Waals surface area contributed by atoms with Crippen molar-refractivity contribution in [1.82, 2.24) is 14.5 Å². The average molecular weight is 405 g/mol. The summed E-state index contributed by atoms with van der Waals surface area (Å²) in [5.41, 5.74) is 4.16. The van der Waals surface area contributed by atoms with Gasteiger partial charge >= 0.3 is 0 Å². The predicted octanol–water partition coefficient (Wildman–Crippen LogP) is 3.27. The molecule has 1 fully saturated rings. The standard InChI is InChI=1S/C24H27N3O3/c1-15-5-3-6-17(9-15)24-25-20(16(2)30-24)13-26-11-18-10-19(12-26)22(14-28)27-21(18)7-4-8-23(27)29/h3-9,18-19,22,28H,10-14H2,1-2H3/t18-,19+,22+/m1/s1. The van der Waals surface area contributed by atoms with Crippen LogP contribution in [0.4, 0.5) is 0 Å². The van der Waals surface area contributed by atoms with Gasteiger partial charge in [-0.1, -0.05) is 23.8 Å². The number of piperidine rings is 1. The van der Waals surface area contributed by atoms with Gasteiger partial charge in [0.1, 0.15) is 5.76 Å². The van der Waals surface area contributed by atoms with Gasteiger partial charge in [-0.25, -0.2) is 4.98 Å². The summed E-state index contributed by atoms with van der Waals surface area (Å²) in [4.78, 5) is 19.6. The van der Waals surface area contributed by atoms with Crippen molar-refractivity contribution in [2.24, 2.45) is 5.92 Å². The number of aromatic nitrogens is 2. The highest BCUT2D eigenvalue weighted by molar-refractivity contribution is 5.54. The lowest BCUT2D eigenvalue weighted by atomic mass is 9.78. The first kappa shape index (κ1) is 19.3. The maximum Gasteiger partial charge on any atom is 0.251 e. The van der Waals surface area contributed by atoms with E-state index in [9.17, 15) is 9.90 Å². The number of benzene rings is 1. The number of likely N-dealkylation sites (tertiary alicyclic amines) is 1. The van der Waals surface area contributed by atoms with Crippen LogP contribution in [0.15, 0.2) is 51.7 Å². The van der Waals surface area contributed by atoms with Crippen LogP contribution in [0.1, 0.15) is 41.1 Å². The summed E-state index contributed by atoms with van der Waals surface area (Å²) in [6.07, 6.45) is 1.01. The molecule has 2 aliphatic heterocycles. The van der Waals surface area contributed by atoms with E-state index in [0.717, 1.165) is 42.2 Å². The topological polar surface area (TPSA) is 71.5 Å². The number of fused-ring (bicyclic) bond motifs is 4. The van der Waals surface area contributed by atoms with Gasteiger partial charge in [0.2, 0.25) is 5.89 Å². The lowest BCUT2D eigenvalue weighted by Gasteiger charge is -2.46. The van der Waals surface area contributed by atoms with Crippen molar-refractivity contribution in [2.75, 3.05) is 19.7 Å². The van der Waals surface area contributed by atoms with Gasteiger partial charge in [0.15, 0.2) is 0 Å². The van der Waals surface area contributed by atoms with Gasteiger partial charge in [-0.05, 0) is 44.4 Å². The lowest BCUT2D eigenvalue weighted by molar-refractivity contribution is 0.0573. The Morgan fingerprint density at radius 3 is 2.80 bits per heavy atom. The molecule has 0 aliphatic carbocycles. The number of hydrogen-bond acceptors (Lipinski definition) is 5. The number of hydrogen-bond donors (Lipinski definition) is 1. The molecule has 0 unspecified atom stereocenters. The van der Waals surface area contributed by atoms with Crippen LogP contribution in [0.3, 0.4) is 0 Å². The summed E-state index contributed by atoms with van der Waals surface area (Å²) in [6, 6.07) is 13.5. The van der Waals surface area contributed by atoms with E-state index in [2.05, 4.69) is 24.0 Å². The number of aliphatic hydroxyl groups is 1. The fraction of sp³-hybridized carbons (Fsp3) is 0.417. The molecule has 5 rings (SSSR count). The molecule has 1 N–H and O–H groups in total. The largest absolute Gasteiger partial charge is 0.441 e. The highest BCUT2D eigenvalue weighted by Gasteiger charge is 2.40. The van der Waals surface area contributed by atoms with Crippen molar-refractivity contribution in [3.63, 3.8) is 0 Å². The third-order valence-electron chi connectivity index (χ3n) is 6.59. The monoisotopic (exact) mass is 405 g/mol. The molecule has 0 radical (unpaired) electrons. The Balaban J connectivity index is 1.41. The molecule has 6 nitrogen and oxygen atoms in total. The van der Waals surface area contributed by atoms with Crippen LogP contribution in [0.25, 0.3) is 11.5 Å². The molecule has 4 heterocycles. The number of pyridine rings is 1. The van der Waals surface area contributed by atoms with Crippen molar-refractivity contribution >= 4 is 0 Å². The SMILES string of the molecule is Cc1cccc(-c2nc(CN3C[C@H]4C[C@@H](C3)[C@H](CO)n3c4cccc3=O)c(C)o2)c1. The molecule has 3 aromatic rings. The van der Waals surface area contributed by atoms with Gasteiger partial charge in [-0.15, -0.1) is 0 Å². The Kier molecular flexibility index (Phi) is 4.83. The summed E-state index contributed by atoms with van der Waals surface area (Å²) >= 11 is 0. The molecular formula is C24H27N3O3. The average Bonchev–Trinajstić information content (AvgIpc) is 3.09. The first-order valence-corrected chi connectivity index (χ1v) is 10.6. The number of rotatable bonds is 4. The third kappa shape index (κ3) is 3.30. The number of aliphatic hydroxyl groups excluding tert-OH is 1. The Labute approximate surface area is 175 Å². The Morgan fingerprint density at radius 2 is 2.00 bits per heavy atom. The minimum absolute atomic E-state index is 0.00941. The second kappa shape index (κ2) is 7.52. The van der Waals surface area contributed by atoms with Gasteiger partial charge in [-0.3, -0.25) is 9.69 Å². The smallest absolute Gasteiger partial charge is 0.251 e. The maximum atomic E-state index is 12.5. The van der Waals surface area contributed by atoms with E-state index in [0.29, 0.717) is 18.4 Å². The Hall–Kier alpha value is -2.70. The van der Waals surface area contributed by atoms with E-state index in [-0.39, 0.29) is 24.1 Å². The molecule has 2 bridgehead atoms. The van der Waals surface area contributed by atoms with E-state index in [4.69, 9.17) is 9.40 Å². The van der Waals surface area contributed by atoms with Crippen molar-refractivity contribution < 1.29 is 9.52 Å². The lowest BCUT2D eigenvalue weighted by Crippen LogP contribution is -2.50. The molecule has 156 valence electrons. The minimum atomic E-state index is -0.158. The molecule has 6 heteroatoms. The summed E-state index contributed by atoms with van der Waals surface area (Å²) in [5.74, 6) is 2.06. The van der Waals surface area contributed by atoms with Crippen LogP contribution in [0, 0.1) is 19.8 Å². The van der Waals surface area contributed by atoms with Crippen molar-refractivity contribution in [2.45, 2.75) is 38.8 Å². The molecular weight excluding hydrogens is 378 g/mol. The molecule has 3 atom stereocenters. The zero-order chi connectivity index (χ0) is 20.8.